The second kappa shape index (κ2) is 5.55. The molecule has 0 aliphatic rings. The van der Waals surface area contributed by atoms with Gasteiger partial charge in [-0.05, 0) is 29.8 Å². The van der Waals surface area contributed by atoms with Gasteiger partial charge in [-0.2, -0.15) is 4.39 Å². The van der Waals surface area contributed by atoms with Crippen molar-refractivity contribution < 1.29 is 13.9 Å². The van der Waals surface area contributed by atoms with Crippen LogP contribution in [0, 0.1) is 5.95 Å². The maximum atomic E-state index is 13.9. The molecule has 2 aromatic rings. The zero-order valence-electron chi connectivity index (χ0n) is 9.78. The summed E-state index contributed by atoms with van der Waals surface area (Å²) in [5.41, 5.74) is 0.658. The lowest BCUT2D eigenvalue weighted by molar-refractivity contribution is 0.0592. The Morgan fingerprint density at radius 2 is 1.95 bits per heavy atom. The minimum absolute atomic E-state index is 0.0937. The van der Waals surface area contributed by atoms with Crippen LogP contribution in [0.15, 0.2) is 30.3 Å². The number of benzene rings is 1. The Hall–Kier alpha value is -1.65. The van der Waals surface area contributed by atoms with Gasteiger partial charge in [0.15, 0.2) is 5.69 Å². The molecule has 1 heterocycles. The Morgan fingerprint density at radius 1 is 1.21 bits per heavy atom. The second-order valence-electron chi connectivity index (χ2n) is 3.66. The van der Waals surface area contributed by atoms with Crippen molar-refractivity contribution in [1.29, 1.82) is 0 Å². The number of hydrogen-bond donors (Lipinski definition) is 0. The average Bonchev–Trinajstić information content (AvgIpc) is 2.41. The molecule has 0 fully saturated rings. The molecule has 0 aliphatic heterocycles. The smallest absolute Gasteiger partial charge is 0.356 e. The van der Waals surface area contributed by atoms with E-state index in [4.69, 9.17) is 23.2 Å². The molecule has 98 valence electrons. The molecule has 0 spiro atoms. The standard InChI is InChI=1S/C13H8Cl2FNO2/c1-19-13(18)11-5-3-8(12(16)17-11)7-2-4-9(14)10(15)6-7/h2-6H,1H3. The third-order valence-corrected chi connectivity index (χ3v) is 3.21. The van der Waals surface area contributed by atoms with E-state index in [1.54, 1.807) is 12.1 Å². The Balaban J connectivity index is 2.46. The Morgan fingerprint density at radius 3 is 2.53 bits per heavy atom. The third kappa shape index (κ3) is 2.85. The van der Waals surface area contributed by atoms with Crippen molar-refractivity contribution in [3.05, 3.63) is 52.0 Å². The monoisotopic (exact) mass is 299 g/mol. The van der Waals surface area contributed by atoms with Gasteiger partial charge in [-0.1, -0.05) is 29.3 Å². The summed E-state index contributed by atoms with van der Waals surface area (Å²) in [6.07, 6.45) is 0. The van der Waals surface area contributed by atoms with E-state index < -0.39 is 11.9 Å². The molecule has 6 heteroatoms. The molecule has 0 N–H and O–H groups in total. The van der Waals surface area contributed by atoms with Gasteiger partial charge < -0.3 is 4.74 Å². The number of ether oxygens (including phenoxy) is 1. The summed E-state index contributed by atoms with van der Waals surface area (Å²) in [4.78, 5) is 14.8. The van der Waals surface area contributed by atoms with E-state index in [9.17, 15) is 9.18 Å². The fraction of sp³-hybridized carbons (Fsp3) is 0.0769. The molecular formula is C13H8Cl2FNO2. The van der Waals surface area contributed by atoms with Gasteiger partial charge in [-0.15, -0.1) is 0 Å². The highest BCUT2D eigenvalue weighted by atomic mass is 35.5. The number of carbonyl (C=O) groups is 1. The summed E-state index contributed by atoms with van der Waals surface area (Å²) < 4.78 is 18.3. The van der Waals surface area contributed by atoms with Gasteiger partial charge in [0.05, 0.1) is 17.2 Å². The van der Waals surface area contributed by atoms with Crippen molar-refractivity contribution in [3.63, 3.8) is 0 Å². The number of nitrogens with zero attached hydrogens (tertiary/aromatic N) is 1. The molecule has 0 aliphatic carbocycles. The Labute approximate surface area is 118 Å². The van der Waals surface area contributed by atoms with E-state index in [0.29, 0.717) is 15.6 Å². The van der Waals surface area contributed by atoms with Crippen LogP contribution in [0.4, 0.5) is 4.39 Å². The predicted molar refractivity (Wildman–Crippen MR) is 71.0 cm³/mol. The lowest BCUT2D eigenvalue weighted by Crippen LogP contribution is -2.05. The number of pyridine rings is 1. The summed E-state index contributed by atoms with van der Waals surface area (Å²) in [7, 11) is 1.20. The Bertz CT molecular complexity index is 647. The van der Waals surface area contributed by atoms with Crippen molar-refractivity contribution >= 4 is 29.2 Å². The van der Waals surface area contributed by atoms with Crippen LogP contribution in [0.2, 0.25) is 10.0 Å². The molecular weight excluding hydrogens is 292 g/mol. The molecule has 0 atom stereocenters. The minimum Gasteiger partial charge on any atom is -0.464 e. The molecule has 0 unspecified atom stereocenters. The fourth-order valence-electron chi connectivity index (χ4n) is 1.53. The van der Waals surface area contributed by atoms with Crippen LogP contribution in [-0.2, 0) is 4.74 Å². The number of aromatic nitrogens is 1. The van der Waals surface area contributed by atoms with E-state index in [1.807, 2.05) is 0 Å². The van der Waals surface area contributed by atoms with Crippen molar-refractivity contribution in [3.8, 4) is 11.1 Å². The number of hydrogen-bond acceptors (Lipinski definition) is 3. The number of rotatable bonds is 2. The van der Waals surface area contributed by atoms with Crippen molar-refractivity contribution in [2.24, 2.45) is 0 Å². The van der Waals surface area contributed by atoms with E-state index in [1.165, 1.54) is 25.3 Å². The zero-order valence-corrected chi connectivity index (χ0v) is 11.3. The molecule has 0 saturated carbocycles. The van der Waals surface area contributed by atoms with Crippen molar-refractivity contribution in [2.75, 3.05) is 7.11 Å². The molecule has 0 radical (unpaired) electrons. The first-order valence-electron chi connectivity index (χ1n) is 5.23. The first kappa shape index (κ1) is 13.8. The van der Waals surface area contributed by atoms with E-state index in [2.05, 4.69) is 9.72 Å². The van der Waals surface area contributed by atoms with Gasteiger partial charge in [0, 0.05) is 5.56 Å². The fourth-order valence-corrected chi connectivity index (χ4v) is 1.83. The summed E-state index contributed by atoms with van der Waals surface area (Å²) in [6.45, 7) is 0. The molecule has 0 amide bonds. The quantitative estimate of drug-likeness (QED) is 0.622. The number of esters is 1. The maximum Gasteiger partial charge on any atom is 0.356 e. The van der Waals surface area contributed by atoms with Crippen LogP contribution < -0.4 is 0 Å². The van der Waals surface area contributed by atoms with Crippen LogP contribution in [-0.4, -0.2) is 18.1 Å². The van der Waals surface area contributed by atoms with Crippen LogP contribution >= 0.6 is 23.2 Å². The first-order chi connectivity index (χ1) is 9.02. The summed E-state index contributed by atoms with van der Waals surface area (Å²) in [5, 5.41) is 0.695. The molecule has 3 nitrogen and oxygen atoms in total. The summed E-state index contributed by atoms with van der Waals surface area (Å²) in [6, 6.07) is 7.53. The molecule has 1 aromatic heterocycles. The number of carbonyl (C=O) groups excluding carboxylic acids is 1. The highest BCUT2D eigenvalue weighted by molar-refractivity contribution is 6.42. The van der Waals surface area contributed by atoms with Gasteiger partial charge in [0.2, 0.25) is 5.95 Å². The largest absolute Gasteiger partial charge is 0.464 e. The lowest BCUT2D eigenvalue weighted by atomic mass is 10.1. The third-order valence-electron chi connectivity index (χ3n) is 2.47. The SMILES string of the molecule is COC(=O)c1ccc(-c2ccc(Cl)c(Cl)c2)c(F)n1. The maximum absolute atomic E-state index is 13.9. The molecule has 0 saturated heterocycles. The van der Waals surface area contributed by atoms with Gasteiger partial charge in [-0.25, -0.2) is 9.78 Å². The summed E-state index contributed by atoms with van der Waals surface area (Å²) >= 11 is 11.7. The molecule has 19 heavy (non-hydrogen) atoms. The molecule has 0 bridgehead atoms. The van der Waals surface area contributed by atoms with Crippen LogP contribution in [0.5, 0.6) is 0 Å². The number of halogens is 3. The Kier molecular flexibility index (Phi) is 4.02. The normalized spacial score (nSPS) is 10.3. The highest BCUT2D eigenvalue weighted by Crippen LogP contribution is 2.29. The van der Waals surface area contributed by atoms with Crippen molar-refractivity contribution in [2.45, 2.75) is 0 Å². The predicted octanol–water partition coefficient (Wildman–Crippen LogP) is 3.98. The first-order valence-corrected chi connectivity index (χ1v) is 5.99. The van der Waals surface area contributed by atoms with E-state index in [0.717, 1.165) is 0 Å². The summed E-state index contributed by atoms with van der Waals surface area (Å²) in [5.74, 6) is -1.47. The van der Waals surface area contributed by atoms with Gasteiger partial charge in [0.1, 0.15) is 0 Å². The van der Waals surface area contributed by atoms with Crippen LogP contribution in [0.1, 0.15) is 10.5 Å². The van der Waals surface area contributed by atoms with E-state index >= 15 is 0 Å². The lowest BCUT2D eigenvalue weighted by Gasteiger charge is -2.06. The molecule has 2 rings (SSSR count). The van der Waals surface area contributed by atoms with Crippen LogP contribution in [0.3, 0.4) is 0 Å². The highest BCUT2D eigenvalue weighted by Gasteiger charge is 2.13. The van der Waals surface area contributed by atoms with Crippen molar-refractivity contribution in [1.82, 2.24) is 4.98 Å². The van der Waals surface area contributed by atoms with Gasteiger partial charge >= 0.3 is 5.97 Å². The zero-order chi connectivity index (χ0) is 14.0. The molecule has 1 aromatic carbocycles. The van der Waals surface area contributed by atoms with Crippen LogP contribution in [0.25, 0.3) is 11.1 Å². The average molecular weight is 300 g/mol. The van der Waals surface area contributed by atoms with Gasteiger partial charge in [-0.3, -0.25) is 0 Å². The minimum atomic E-state index is -0.777. The van der Waals surface area contributed by atoms with E-state index in [-0.39, 0.29) is 11.3 Å². The topological polar surface area (TPSA) is 39.2 Å². The second-order valence-corrected chi connectivity index (χ2v) is 4.47. The van der Waals surface area contributed by atoms with Gasteiger partial charge in [0.25, 0.3) is 0 Å². The number of methoxy groups -OCH3 is 1.